The number of hydrogen-bond donors (Lipinski definition) is 0. The maximum absolute atomic E-state index is 10.6. The number of nitrogens with zero attached hydrogens (tertiary/aromatic N) is 1. The molecule has 0 atom stereocenters. The number of hydrogen-bond acceptors (Lipinski definition) is 4. The monoisotopic (exact) mass is 279 g/mol. The lowest BCUT2D eigenvalue weighted by Gasteiger charge is -2.06. The van der Waals surface area contributed by atoms with Crippen LogP contribution in [-0.4, -0.2) is 20.8 Å². The van der Waals surface area contributed by atoms with Crippen LogP contribution in [0.25, 0.3) is 0 Å². The predicted molar refractivity (Wildman–Crippen MR) is 61.3 cm³/mol. The number of ether oxygens (including phenoxy) is 1. The van der Waals surface area contributed by atoms with Crippen LogP contribution in [0, 0.1) is 11.3 Å². The maximum Gasteiger partial charge on any atom is 0.235 e. The van der Waals surface area contributed by atoms with Crippen molar-refractivity contribution in [1.82, 2.24) is 0 Å². The quantitative estimate of drug-likeness (QED) is 0.792. The molecule has 1 aromatic carbocycles. The van der Waals surface area contributed by atoms with E-state index in [4.69, 9.17) is 32.3 Å². The summed E-state index contributed by atoms with van der Waals surface area (Å²) in [6.07, 6.45) is 0. The lowest BCUT2D eigenvalue weighted by atomic mass is 10.2. The first-order chi connectivity index (χ1) is 7.42. The Morgan fingerprint density at radius 1 is 1.44 bits per heavy atom. The van der Waals surface area contributed by atoms with Gasteiger partial charge >= 0.3 is 0 Å². The van der Waals surface area contributed by atoms with Gasteiger partial charge in [0, 0.05) is 10.7 Å². The number of rotatable bonds is 4. The smallest absolute Gasteiger partial charge is 0.235 e. The minimum atomic E-state index is -3.57. The highest BCUT2D eigenvalue weighted by atomic mass is 35.7. The summed E-state index contributed by atoms with van der Waals surface area (Å²) in [5, 5.41) is 8.85. The van der Waals surface area contributed by atoms with Crippen LogP contribution in [0.4, 0.5) is 0 Å². The van der Waals surface area contributed by atoms with E-state index in [1.165, 1.54) is 18.2 Å². The van der Waals surface area contributed by atoms with E-state index in [1.807, 2.05) is 6.07 Å². The summed E-state index contributed by atoms with van der Waals surface area (Å²) in [6.45, 7) is -0.0859. The van der Waals surface area contributed by atoms with Crippen LogP contribution in [0.1, 0.15) is 5.56 Å². The average molecular weight is 280 g/mol. The summed E-state index contributed by atoms with van der Waals surface area (Å²) in [6, 6.07) is 6.38. The molecule has 0 amide bonds. The number of halogens is 2. The highest BCUT2D eigenvalue weighted by Crippen LogP contribution is 2.25. The van der Waals surface area contributed by atoms with E-state index >= 15 is 0 Å². The molecule has 0 saturated carbocycles. The van der Waals surface area contributed by atoms with Gasteiger partial charge in [-0.15, -0.1) is 0 Å². The molecule has 0 heterocycles. The summed E-state index contributed by atoms with van der Waals surface area (Å²) in [5.41, 5.74) is 0.405. The zero-order valence-corrected chi connectivity index (χ0v) is 10.3. The second kappa shape index (κ2) is 5.39. The molecule has 0 radical (unpaired) electrons. The molecule has 0 saturated heterocycles. The zero-order valence-electron chi connectivity index (χ0n) is 7.98. The molecule has 16 heavy (non-hydrogen) atoms. The van der Waals surface area contributed by atoms with E-state index in [1.54, 1.807) is 0 Å². The molecule has 0 aliphatic heterocycles. The van der Waals surface area contributed by atoms with Gasteiger partial charge in [-0.25, -0.2) is 8.42 Å². The van der Waals surface area contributed by atoms with Gasteiger partial charge in [0.25, 0.3) is 0 Å². The van der Waals surface area contributed by atoms with E-state index < -0.39 is 9.05 Å². The third-order valence-corrected chi connectivity index (χ3v) is 3.06. The Kier molecular flexibility index (Phi) is 4.42. The van der Waals surface area contributed by atoms with Crippen molar-refractivity contribution in [2.75, 3.05) is 12.4 Å². The normalized spacial score (nSPS) is 10.8. The van der Waals surface area contributed by atoms with Crippen LogP contribution < -0.4 is 4.74 Å². The van der Waals surface area contributed by atoms with Gasteiger partial charge in [-0.2, -0.15) is 5.26 Å². The van der Waals surface area contributed by atoms with Crippen molar-refractivity contribution in [2.24, 2.45) is 0 Å². The average Bonchev–Trinajstić information content (AvgIpc) is 2.18. The molecule has 0 spiro atoms. The number of benzene rings is 1. The van der Waals surface area contributed by atoms with Gasteiger partial charge in [0.1, 0.15) is 12.4 Å². The summed E-state index contributed by atoms with van der Waals surface area (Å²) < 4.78 is 26.3. The first kappa shape index (κ1) is 13.1. The molecule has 0 aromatic heterocycles. The first-order valence-electron chi connectivity index (χ1n) is 4.17. The Labute approximate surface area is 103 Å². The van der Waals surface area contributed by atoms with Crippen LogP contribution >= 0.6 is 22.3 Å². The summed E-state index contributed by atoms with van der Waals surface area (Å²) in [7, 11) is 1.43. The highest BCUT2D eigenvalue weighted by Gasteiger charge is 2.07. The molecular formula is C9H7Cl2NO3S. The van der Waals surface area contributed by atoms with Gasteiger partial charge in [0.2, 0.25) is 9.05 Å². The van der Waals surface area contributed by atoms with Crippen molar-refractivity contribution in [2.45, 2.75) is 0 Å². The minimum Gasteiger partial charge on any atom is -0.491 e. The highest BCUT2D eigenvalue weighted by molar-refractivity contribution is 8.13. The fraction of sp³-hybridized carbons (Fsp3) is 0.222. The van der Waals surface area contributed by atoms with Crippen molar-refractivity contribution in [3.63, 3.8) is 0 Å². The molecule has 0 unspecified atom stereocenters. The van der Waals surface area contributed by atoms with E-state index in [-0.39, 0.29) is 17.4 Å². The Morgan fingerprint density at radius 3 is 2.62 bits per heavy atom. The van der Waals surface area contributed by atoms with Gasteiger partial charge in [-0.1, -0.05) is 11.6 Å². The van der Waals surface area contributed by atoms with Crippen molar-refractivity contribution in [3.05, 3.63) is 28.8 Å². The second-order valence-corrected chi connectivity index (χ2v) is 6.15. The van der Waals surface area contributed by atoms with Gasteiger partial charge < -0.3 is 4.74 Å². The van der Waals surface area contributed by atoms with Crippen molar-refractivity contribution < 1.29 is 13.2 Å². The SMILES string of the molecule is N#Cc1ccc(OCCS(=O)(=O)Cl)c(Cl)c1. The van der Waals surface area contributed by atoms with Crippen molar-refractivity contribution in [1.29, 1.82) is 5.26 Å². The Balaban J connectivity index is 2.66. The third-order valence-electron chi connectivity index (χ3n) is 1.65. The van der Waals surface area contributed by atoms with Crippen LogP contribution in [0.5, 0.6) is 5.75 Å². The maximum atomic E-state index is 10.6. The van der Waals surface area contributed by atoms with E-state index in [2.05, 4.69) is 0 Å². The molecule has 86 valence electrons. The summed E-state index contributed by atoms with van der Waals surface area (Å²) >= 11 is 5.80. The molecule has 0 bridgehead atoms. The van der Waals surface area contributed by atoms with Crippen molar-refractivity contribution >= 4 is 31.3 Å². The molecule has 0 aliphatic carbocycles. The molecule has 4 nitrogen and oxygen atoms in total. The van der Waals surface area contributed by atoms with Crippen LogP contribution in [0.3, 0.4) is 0 Å². The fourth-order valence-corrected chi connectivity index (χ4v) is 1.65. The van der Waals surface area contributed by atoms with E-state index in [9.17, 15) is 8.42 Å². The fourth-order valence-electron chi connectivity index (χ4n) is 0.939. The van der Waals surface area contributed by atoms with Crippen LogP contribution in [0.2, 0.25) is 5.02 Å². The van der Waals surface area contributed by atoms with Crippen molar-refractivity contribution in [3.8, 4) is 11.8 Å². The molecule has 0 N–H and O–H groups in total. The minimum absolute atomic E-state index is 0.0859. The van der Waals surface area contributed by atoms with E-state index in [0.717, 1.165) is 0 Å². The molecule has 7 heteroatoms. The van der Waals surface area contributed by atoms with E-state index in [0.29, 0.717) is 11.3 Å². The Bertz CT molecular complexity index is 522. The second-order valence-electron chi connectivity index (χ2n) is 2.85. The van der Waals surface area contributed by atoms with Gasteiger partial charge in [0.05, 0.1) is 22.4 Å². The standard InChI is InChI=1S/C9H7Cl2NO3S/c10-8-5-7(6-12)1-2-9(8)15-3-4-16(11,13)14/h1-2,5H,3-4H2. The summed E-state index contributed by atoms with van der Waals surface area (Å²) in [5.74, 6) is 0.0196. The lowest BCUT2D eigenvalue weighted by molar-refractivity contribution is 0.341. The number of nitriles is 1. The molecule has 0 aliphatic rings. The predicted octanol–water partition coefficient (Wildman–Crippen LogP) is 2.16. The lowest BCUT2D eigenvalue weighted by Crippen LogP contribution is -2.08. The molecular weight excluding hydrogens is 273 g/mol. The van der Waals surface area contributed by atoms with Gasteiger partial charge in [0.15, 0.2) is 0 Å². The Morgan fingerprint density at radius 2 is 2.12 bits per heavy atom. The van der Waals surface area contributed by atoms with Gasteiger partial charge in [-0.05, 0) is 18.2 Å². The van der Waals surface area contributed by atoms with Crippen LogP contribution in [0.15, 0.2) is 18.2 Å². The molecule has 1 rings (SSSR count). The first-order valence-corrected chi connectivity index (χ1v) is 7.03. The zero-order chi connectivity index (χ0) is 12.2. The third kappa shape index (κ3) is 4.27. The van der Waals surface area contributed by atoms with Crippen LogP contribution in [-0.2, 0) is 9.05 Å². The molecule has 1 aromatic rings. The Hall–Kier alpha value is -0.960. The largest absolute Gasteiger partial charge is 0.491 e. The molecule has 0 fully saturated rings. The topological polar surface area (TPSA) is 67.2 Å². The van der Waals surface area contributed by atoms with Gasteiger partial charge in [-0.3, -0.25) is 0 Å². The summed E-state index contributed by atoms with van der Waals surface area (Å²) in [4.78, 5) is 0.